The van der Waals surface area contributed by atoms with E-state index in [1.807, 2.05) is 31.2 Å². The monoisotopic (exact) mass is 248 g/mol. The van der Waals surface area contributed by atoms with Gasteiger partial charge in [-0.2, -0.15) is 0 Å². The highest BCUT2D eigenvalue weighted by molar-refractivity contribution is 8.15. The van der Waals surface area contributed by atoms with Crippen LogP contribution in [0.15, 0.2) is 29.3 Å². The van der Waals surface area contributed by atoms with Crippen LogP contribution < -0.4 is 4.90 Å². The minimum absolute atomic E-state index is 0.121. The number of carbonyl (C=O) groups excluding carboxylic acids is 1. The Kier molecular flexibility index (Phi) is 3.84. The smallest absolute Gasteiger partial charge is 0.243 e. The molecule has 1 aromatic rings. The number of thioether (sulfide) groups is 1. The van der Waals surface area contributed by atoms with E-state index < -0.39 is 0 Å². The molecule has 3 nitrogen and oxygen atoms in total. The molecule has 1 aliphatic heterocycles. The van der Waals surface area contributed by atoms with Crippen LogP contribution in [0.3, 0.4) is 0 Å². The Morgan fingerprint density at radius 1 is 1.47 bits per heavy atom. The highest BCUT2D eigenvalue weighted by Gasteiger charge is 2.29. The number of amides is 1. The molecule has 2 rings (SSSR count). The fourth-order valence-electron chi connectivity index (χ4n) is 1.71. The van der Waals surface area contributed by atoms with Crippen molar-refractivity contribution in [3.05, 3.63) is 29.8 Å². The summed E-state index contributed by atoms with van der Waals surface area (Å²) in [4.78, 5) is 18.1. The van der Waals surface area contributed by atoms with Crippen LogP contribution in [0.25, 0.3) is 0 Å². The van der Waals surface area contributed by atoms with E-state index in [-0.39, 0.29) is 5.91 Å². The standard InChI is InChI=1S/C13H16N2OS/c1-3-7-14-13-15(12(16)9-17-13)11-6-4-5-10(2)8-11/h4-6,8H,3,7,9H2,1-2H3. The predicted octanol–water partition coefficient (Wildman–Crippen LogP) is 2.84. The topological polar surface area (TPSA) is 32.7 Å². The van der Waals surface area contributed by atoms with E-state index in [0.717, 1.165) is 29.4 Å². The number of anilines is 1. The number of hydrogen-bond acceptors (Lipinski definition) is 3. The number of benzene rings is 1. The van der Waals surface area contributed by atoms with E-state index >= 15 is 0 Å². The number of nitrogens with zero attached hydrogens (tertiary/aromatic N) is 2. The lowest BCUT2D eigenvalue weighted by Crippen LogP contribution is -2.29. The first-order chi connectivity index (χ1) is 8.22. The highest BCUT2D eigenvalue weighted by Crippen LogP contribution is 2.27. The molecule has 0 aromatic heterocycles. The minimum atomic E-state index is 0.121. The first kappa shape index (κ1) is 12.2. The van der Waals surface area contributed by atoms with Gasteiger partial charge in [-0.05, 0) is 31.0 Å². The summed E-state index contributed by atoms with van der Waals surface area (Å²) in [5, 5.41) is 0.836. The number of aryl methyl sites for hydroxylation is 1. The normalized spacial score (nSPS) is 18.1. The number of hydrogen-bond donors (Lipinski definition) is 0. The Bertz CT molecular complexity index is 456. The molecule has 0 spiro atoms. The third-order valence-electron chi connectivity index (χ3n) is 2.50. The van der Waals surface area contributed by atoms with Crippen molar-refractivity contribution in [1.29, 1.82) is 0 Å². The van der Waals surface area contributed by atoms with Crippen LogP contribution in [0.4, 0.5) is 5.69 Å². The Labute approximate surface area is 106 Å². The second-order valence-electron chi connectivity index (χ2n) is 4.02. The van der Waals surface area contributed by atoms with Gasteiger partial charge in [-0.15, -0.1) is 0 Å². The van der Waals surface area contributed by atoms with Gasteiger partial charge in [-0.25, -0.2) is 0 Å². The predicted molar refractivity (Wildman–Crippen MR) is 73.7 cm³/mol. The van der Waals surface area contributed by atoms with Crippen molar-refractivity contribution in [3.63, 3.8) is 0 Å². The van der Waals surface area contributed by atoms with Crippen molar-refractivity contribution in [1.82, 2.24) is 0 Å². The summed E-state index contributed by atoms with van der Waals surface area (Å²) in [5.41, 5.74) is 2.08. The molecule has 90 valence electrons. The summed E-state index contributed by atoms with van der Waals surface area (Å²) in [6.07, 6.45) is 1.000. The van der Waals surface area contributed by atoms with Gasteiger partial charge < -0.3 is 0 Å². The van der Waals surface area contributed by atoms with Gasteiger partial charge in [0.05, 0.1) is 11.4 Å². The molecule has 0 unspecified atom stereocenters. The maximum Gasteiger partial charge on any atom is 0.243 e. The van der Waals surface area contributed by atoms with Gasteiger partial charge in [0, 0.05) is 6.54 Å². The van der Waals surface area contributed by atoms with E-state index in [4.69, 9.17) is 0 Å². The molecule has 1 aromatic carbocycles. The van der Waals surface area contributed by atoms with Crippen LogP contribution in [0, 0.1) is 6.92 Å². The molecule has 0 atom stereocenters. The van der Waals surface area contributed by atoms with Crippen molar-refractivity contribution in [2.45, 2.75) is 20.3 Å². The van der Waals surface area contributed by atoms with Crippen LogP contribution in [0.1, 0.15) is 18.9 Å². The van der Waals surface area contributed by atoms with Crippen molar-refractivity contribution in [2.75, 3.05) is 17.2 Å². The number of carbonyl (C=O) groups is 1. The molecule has 0 radical (unpaired) electrons. The van der Waals surface area contributed by atoms with E-state index in [9.17, 15) is 4.79 Å². The zero-order valence-corrected chi connectivity index (χ0v) is 11.0. The summed E-state index contributed by atoms with van der Waals surface area (Å²) in [5.74, 6) is 0.617. The first-order valence-corrected chi connectivity index (χ1v) is 6.78. The molecule has 1 saturated heterocycles. The Morgan fingerprint density at radius 2 is 2.29 bits per heavy atom. The molecule has 17 heavy (non-hydrogen) atoms. The molecular weight excluding hydrogens is 232 g/mol. The average Bonchev–Trinajstić information content (AvgIpc) is 2.68. The zero-order chi connectivity index (χ0) is 12.3. The molecule has 0 N–H and O–H groups in total. The number of amidine groups is 1. The van der Waals surface area contributed by atoms with Crippen molar-refractivity contribution >= 4 is 28.5 Å². The molecule has 4 heteroatoms. The van der Waals surface area contributed by atoms with Gasteiger partial charge in [0.2, 0.25) is 5.91 Å². The molecular formula is C13H16N2OS. The SMILES string of the molecule is CCCN=C1SCC(=O)N1c1cccc(C)c1. The van der Waals surface area contributed by atoms with Gasteiger partial charge in [0.25, 0.3) is 0 Å². The molecule has 1 fully saturated rings. The van der Waals surface area contributed by atoms with Gasteiger partial charge in [-0.1, -0.05) is 30.8 Å². The molecule has 0 aliphatic carbocycles. The third-order valence-corrected chi connectivity index (χ3v) is 3.46. The van der Waals surface area contributed by atoms with Crippen LogP contribution in [-0.2, 0) is 4.79 Å². The molecule has 0 saturated carbocycles. The maximum atomic E-state index is 11.9. The Morgan fingerprint density at radius 3 is 3.00 bits per heavy atom. The quantitative estimate of drug-likeness (QED) is 0.824. The van der Waals surface area contributed by atoms with Crippen LogP contribution in [0.2, 0.25) is 0 Å². The molecule has 0 bridgehead atoms. The van der Waals surface area contributed by atoms with Crippen LogP contribution in [-0.4, -0.2) is 23.4 Å². The lowest BCUT2D eigenvalue weighted by atomic mass is 10.2. The largest absolute Gasteiger partial charge is 0.273 e. The number of aliphatic imine (C=N–C) groups is 1. The van der Waals surface area contributed by atoms with Gasteiger partial charge in [-0.3, -0.25) is 14.7 Å². The second kappa shape index (κ2) is 5.36. The van der Waals surface area contributed by atoms with E-state index in [0.29, 0.717) is 5.75 Å². The first-order valence-electron chi connectivity index (χ1n) is 5.79. The maximum absolute atomic E-state index is 11.9. The summed E-state index contributed by atoms with van der Waals surface area (Å²) >= 11 is 1.53. The number of rotatable bonds is 3. The highest BCUT2D eigenvalue weighted by atomic mass is 32.2. The fraction of sp³-hybridized carbons (Fsp3) is 0.385. The van der Waals surface area contributed by atoms with E-state index in [2.05, 4.69) is 11.9 Å². The summed E-state index contributed by atoms with van der Waals surface area (Å²) in [6.45, 7) is 4.89. The summed E-state index contributed by atoms with van der Waals surface area (Å²) in [6, 6.07) is 7.97. The molecule has 1 aliphatic rings. The summed E-state index contributed by atoms with van der Waals surface area (Å²) in [7, 11) is 0. The average molecular weight is 248 g/mol. The molecule has 1 heterocycles. The van der Waals surface area contributed by atoms with E-state index in [1.54, 1.807) is 4.90 Å². The molecule has 1 amide bonds. The van der Waals surface area contributed by atoms with Gasteiger partial charge in [0.15, 0.2) is 5.17 Å². The fourth-order valence-corrected chi connectivity index (χ4v) is 2.61. The van der Waals surface area contributed by atoms with Crippen molar-refractivity contribution in [2.24, 2.45) is 4.99 Å². The van der Waals surface area contributed by atoms with Gasteiger partial charge in [0.1, 0.15) is 0 Å². The van der Waals surface area contributed by atoms with E-state index in [1.165, 1.54) is 11.8 Å². The zero-order valence-electron chi connectivity index (χ0n) is 10.1. The van der Waals surface area contributed by atoms with Crippen molar-refractivity contribution < 1.29 is 4.79 Å². The van der Waals surface area contributed by atoms with Gasteiger partial charge >= 0.3 is 0 Å². The lowest BCUT2D eigenvalue weighted by Gasteiger charge is -2.16. The van der Waals surface area contributed by atoms with Crippen molar-refractivity contribution in [3.8, 4) is 0 Å². The minimum Gasteiger partial charge on any atom is -0.273 e. The second-order valence-corrected chi connectivity index (χ2v) is 4.96. The summed E-state index contributed by atoms with van der Waals surface area (Å²) < 4.78 is 0. The Hall–Kier alpha value is -1.29. The lowest BCUT2D eigenvalue weighted by molar-refractivity contribution is -0.115. The third kappa shape index (κ3) is 2.69. The Balaban J connectivity index is 2.31. The van der Waals surface area contributed by atoms with Crippen LogP contribution in [0.5, 0.6) is 0 Å². The van der Waals surface area contributed by atoms with Crippen LogP contribution >= 0.6 is 11.8 Å².